The maximum atomic E-state index is 3.50. The summed E-state index contributed by atoms with van der Waals surface area (Å²) in [6.07, 6.45) is 2.35. The minimum absolute atomic E-state index is 1.05. The molecule has 96 valence electrons. The van der Waals surface area contributed by atoms with Gasteiger partial charge in [0, 0.05) is 36.3 Å². The van der Waals surface area contributed by atoms with Crippen LogP contribution in [0.1, 0.15) is 12.1 Å². The molecule has 2 rings (SSSR count). The largest absolute Gasteiger partial charge is 0.352 e. The van der Waals surface area contributed by atoms with Crippen LogP contribution in [0, 0.1) is 0 Å². The van der Waals surface area contributed by atoms with Crippen LogP contribution in [0.2, 0.25) is 0 Å². The van der Waals surface area contributed by atoms with Gasteiger partial charge in [-0.3, -0.25) is 0 Å². The first-order valence-corrected chi connectivity index (χ1v) is 7.67. The van der Waals surface area contributed by atoms with Gasteiger partial charge in [0.25, 0.3) is 0 Å². The molecule has 0 unspecified atom stereocenters. The molecule has 0 atom stereocenters. The molecule has 0 radical (unpaired) electrons. The summed E-state index contributed by atoms with van der Waals surface area (Å²) in [4.78, 5) is 8.29. The number of hydrogen-bond acceptors (Lipinski definition) is 2. The molecule has 0 spiro atoms. The van der Waals surface area contributed by atoms with Gasteiger partial charge in [0.15, 0.2) is 0 Å². The Hall–Kier alpha value is 0.160. The zero-order valence-electron chi connectivity index (χ0n) is 10.2. The molecule has 0 saturated carbocycles. The molecule has 3 nitrogen and oxygen atoms in total. The molecular formula is C12H19Br2N3. The number of nitrogens with zero attached hydrogens (tertiary/aromatic N) is 2. The average molecular weight is 365 g/mol. The fourth-order valence-electron chi connectivity index (χ4n) is 2.15. The average Bonchev–Trinajstić information content (AvgIpc) is 2.61. The zero-order valence-corrected chi connectivity index (χ0v) is 13.3. The third-order valence-electron chi connectivity index (χ3n) is 3.30. The lowest BCUT2D eigenvalue weighted by molar-refractivity contribution is 0.153. The van der Waals surface area contributed by atoms with Crippen LogP contribution in [0.4, 0.5) is 0 Å². The van der Waals surface area contributed by atoms with Crippen molar-refractivity contribution in [1.82, 2.24) is 14.8 Å². The van der Waals surface area contributed by atoms with Crippen LogP contribution in [0.25, 0.3) is 0 Å². The van der Waals surface area contributed by atoms with Crippen LogP contribution >= 0.6 is 31.9 Å². The third-order valence-corrected chi connectivity index (χ3v) is 5.08. The summed E-state index contributed by atoms with van der Waals surface area (Å²) in [7, 11) is 2.20. The van der Waals surface area contributed by atoms with E-state index in [-0.39, 0.29) is 0 Å². The molecule has 1 saturated heterocycles. The Kier molecular flexibility index (Phi) is 5.09. The van der Waals surface area contributed by atoms with Gasteiger partial charge >= 0.3 is 0 Å². The van der Waals surface area contributed by atoms with Gasteiger partial charge in [-0.2, -0.15) is 0 Å². The highest BCUT2D eigenvalue weighted by Gasteiger charge is 2.13. The Balaban J connectivity index is 1.69. The first-order chi connectivity index (χ1) is 8.15. The molecule has 17 heavy (non-hydrogen) atoms. The van der Waals surface area contributed by atoms with E-state index in [1.165, 1.54) is 44.8 Å². The highest BCUT2D eigenvalue weighted by Crippen LogP contribution is 2.23. The summed E-state index contributed by atoms with van der Waals surface area (Å²) in [6.45, 7) is 6.06. The predicted molar refractivity (Wildman–Crippen MR) is 78.5 cm³/mol. The number of H-pyrrole nitrogens is 1. The molecule has 1 aliphatic heterocycles. The maximum Gasteiger partial charge on any atom is 0.0966 e. The highest BCUT2D eigenvalue weighted by molar-refractivity contribution is 9.13. The molecule has 1 fully saturated rings. The number of hydrogen-bond donors (Lipinski definition) is 1. The van der Waals surface area contributed by atoms with E-state index in [4.69, 9.17) is 0 Å². The summed E-state index contributed by atoms with van der Waals surface area (Å²) >= 11 is 6.97. The second kappa shape index (κ2) is 6.36. The maximum absolute atomic E-state index is 3.50. The second-order valence-electron chi connectivity index (χ2n) is 4.70. The van der Waals surface area contributed by atoms with Gasteiger partial charge in [-0.25, -0.2) is 0 Å². The summed E-state index contributed by atoms with van der Waals surface area (Å²) in [5, 5.41) is 0. The van der Waals surface area contributed by atoms with E-state index in [1.807, 2.05) is 0 Å². The number of aromatic amines is 1. The standard InChI is InChI=1S/C12H19Br2N3/c1-16-5-7-17(8-6-16)4-2-3-10-9-11(13)12(14)15-10/h9,15H,2-8H2,1H3. The lowest BCUT2D eigenvalue weighted by atomic mass is 10.2. The van der Waals surface area contributed by atoms with Crippen LogP contribution in [0.15, 0.2) is 15.1 Å². The number of aryl methyl sites for hydroxylation is 1. The van der Waals surface area contributed by atoms with Crippen LogP contribution in [0.5, 0.6) is 0 Å². The van der Waals surface area contributed by atoms with Crippen LogP contribution < -0.4 is 0 Å². The number of rotatable bonds is 4. The molecule has 1 aromatic rings. The van der Waals surface area contributed by atoms with E-state index in [0.717, 1.165) is 15.5 Å². The Morgan fingerprint density at radius 1 is 1.24 bits per heavy atom. The van der Waals surface area contributed by atoms with Crippen LogP contribution in [0.3, 0.4) is 0 Å². The van der Waals surface area contributed by atoms with Crippen molar-refractivity contribution in [3.05, 3.63) is 20.8 Å². The quantitative estimate of drug-likeness (QED) is 0.887. The van der Waals surface area contributed by atoms with E-state index in [9.17, 15) is 0 Å². The van der Waals surface area contributed by atoms with Gasteiger partial charge < -0.3 is 14.8 Å². The Morgan fingerprint density at radius 3 is 2.53 bits per heavy atom. The molecule has 0 bridgehead atoms. The smallest absolute Gasteiger partial charge is 0.0966 e. The predicted octanol–water partition coefficient (Wildman–Crippen LogP) is 2.72. The number of aromatic nitrogens is 1. The van der Waals surface area contributed by atoms with Crippen LogP contribution in [-0.2, 0) is 6.42 Å². The summed E-state index contributed by atoms with van der Waals surface area (Å²) in [6, 6.07) is 2.16. The Labute approximate surface area is 120 Å². The SMILES string of the molecule is CN1CCN(CCCc2cc(Br)c(Br)[nH]2)CC1. The topological polar surface area (TPSA) is 22.3 Å². The zero-order chi connectivity index (χ0) is 12.3. The van der Waals surface area contributed by atoms with Crippen molar-refractivity contribution in [2.75, 3.05) is 39.8 Å². The molecular weight excluding hydrogens is 346 g/mol. The first-order valence-electron chi connectivity index (χ1n) is 6.09. The monoisotopic (exact) mass is 363 g/mol. The lowest BCUT2D eigenvalue weighted by Crippen LogP contribution is -2.44. The first kappa shape index (κ1) is 13.6. The molecule has 5 heteroatoms. The molecule has 0 amide bonds. The van der Waals surface area contributed by atoms with Gasteiger partial charge in [0.2, 0.25) is 0 Å². The van der Waals surface area contributed by atoms with Gasteiger partial charge in [-0.05, 0) is 64.4 Å². The fourth-order valence-corrected chi connectivity index (χ4v) is 2.90. The minimum atomic E-state index is 1.05. The number of nitrogens with one attached hydrogen (secondary N) is 1. The Bertz CT molecular complexity index is 337. The molecule has 2 heterocycles. The number of halogens is 2. The van der Waals surface area contributed by atoms with Crippen molar-refractivity contribution in [3.8, 4) is 0 Å². The summed E-state index contributed by atoms with van der Waals surface area (Å²) in [5.41, 5.74) is 1.30. The fraction of sp³-hybridized carbons (Fsp3) is 0.667. The van der Waals surface area contributed by atoms with Gasteiger partial charge in [0.05, 0.1) is 4.60 Å². The summed E-state index contributed by atoms with van der Waals surface area (Å²) in [5.74, 6) is 0. The number of piperazine rings is 1. The third kappa shape index (κ3) is 4.09. The minimum Gasteiger partial charge on any atom is -0.352 e. The van der Waals surface area contributed by atoms with E-state index in [2.05, 4.69) is 59.8 Å². The van der Waals surface area contributed by atoms with Crippen molar-refractivity contribution in [2.45, 2.75) is 12.8 Å². The van der Waals surface area contributed by atoms with E-state index in [0.29, 0.717) is 0 Å². The van der Waals surface area contributed by atoms with Crippen molar-refractivity contribution < 1.29 is 0 Å². The number of likely N-dealkylation sites (N-methyl/N-ethyl adjacent to an activating group) is 1. The van der Waals surface area contributed by atoms with Gasteiger partial charge in [-0.1, -0.05) is 0 Å². The van der Waals surface area contributed by atoms with Crippen molar-refractivity contribution in [3.63, 3.8) is 0 Å². The molecule has 0 aromatic carbocycles. The molecule has 1 aliphatic rings. The van der Waals surface area contributed by atoms with Gasteiger partial charge in [0.1, 0.15) is 0 Å². The van der Waals surface area contributed by atoms with Gasteiger partial charge in [-0.15, -0.1) is 0 Å². The Morgan fingerprint density at radius 2 is 1.94 bits per heavy atom. The summed E-state index contributed by atoms with van der Waals surface area (Å²) < 4.78 is 2.17. The molecule has 0 aliphatic carbocycles. The van der Waals surface area contributed by atoms with Crippen molar-refractivity contribution >= 4 is 31.9 Å². The second-order valence-corrected chi connectivity index (χ2v) is 6.35. The lowest BCUT2D eigenvalue weighted by Gasteiger charge is -2.32. The normalized spacial score (nSPS) is 18.8. The van der Waals surface area contributed by atoms with Crippen molar-refractivity contribution in [2.24, 2.45) is 0 Å². The molecule has 1 aromatic heterocycles. The molecule has 1 N–H and O–H groups in total. The van der Waals surface area contributed by atoms with Crippen LogP contribution in [-0.4, -0.2) is 54.6 Å². The van der Waals surface area contributed by atoms with E-state index >= 15 is 0 Å². The van der Waals surface area contributed by atoms with E-state index < -0.39 is 0 Å². The van der Waals surface area contributed by atoms with Crippen molar-refractivity contribution in [1.29, 1.82) is 0 Å². The highest BCUT2D eigenvalue weighted by atomic mass is 79.9. The van der Waals surface area contributed by atoms with E-state index in [1.54, 1.807) is 0 Å².